The van der Waals surface area contributed by atoms with E-state index >= 15 is 4.39 Å². The van der Waals surface area contributed by atoms with Crippen molar-refractivity contribution in [3.63, 3.8) is 0 Å². The minimum Gasteiger partial charge on any atom is -0.454 e. The van der Waals surface area contributed by atoms with Crippen LogP contribution in [-0.4, -0.2) is 69.5 Å². The third-order valence-electron chi connectivity index (χ3n) is 13.6. The number of piperazine rings is 1. The molecule has 3 aliphatic rings. The molecule has 2 aromatic heterocycles. The number of benzene rings is 6. The van der Waals surface area contributed by atoms with Crippen molar-refractivity contribution in [1.29, 1.82) is 0 Å². The van der Waals surface area contributed by atoms with Gasteiger partial charge >= 0.3 is 12.4 Å². The molecule has 0 radical (unpaired) electrons. The van der Waals surface area contributed by atoms with E-state index in [2.05, 4.69) is 15.3 Å². The van der Waals surface area contributed by atoms with E-state index < -0.39 is 41.5 Å². The highest BCUT2D eigenvalue weighted by molar-refractivity contribution is 7.10. The van der Waals surface area contributed by atoms with Crippen LogP contribution in [0.15, 0.2) is 138 Å². The SMILES string of the molecule is O=C(Nc1ccc(F)c(C2Oc3ccc(CN(Cc4cccc(C(F)(F)F)c4)Cc4nc(C(=O)N5CCN(c6ccccc6F)CC5)cs4)cc3O2)c1)c1csc(CN(Cc2cccc(C(F)(F)F)c2)Cc2ccc3c(c2)OCO3)n1. The topological polar surface area (TPSA) is 122 Å². The number of hydrogen-bond donors (Lipinski definition) is 1. The molecule has 418 valence electrons. The predicted molar refractivity (Wildman–Crippen MR) is 285 cm³/mol. The lowest BCUT2D eigenvalue weighted by molar-refractivity contribution is -0.138. The molecule has 1 saturated heterocycles. The van der Waals surface area contributed by atoms with Gasteiger partial charge in [-0.1, -0.05) is 60.7 Å². The molecule has 1 fully saturated rings. The van der Waals surface area contributed by atoms with Crippen molar-refractivity contribution in [2.45, 2.75) is 57.9 Å². The normalized spacial score (nSPS) is 15.0. The van der Waals surface area contributed by atoms with Gasteiger partial charge < -0.3 is 34.1 Å². The zero-order valence-corrected chi connectivity index (χ0v) is 44.2. The number of rotatable bonds is 17. The number of carbonyl (C=O) groups excluding carboxylic acids is 2. The first-order chi connectivity index (χ1) is 38.9. The largest absolute Gasteiger partial charge is 0.454 e. The second-order valence-corrected chi connectivity index (χ2v) is 21.3. The van der Waals surface area contributed by atoms with E-state index in [-0.39, 0.29) is 85.4 Å². The molecule has 6 aromatic carbocycles. The third kappa shape index (κ3) is 13.1. The van der Waals surface area contributed by atoms with Crippen LogP contribution in [0.2, 0.25) is 0 Å². The molecule has 0 bridgehead atoms. The Morgan fingerprint density at radius 1 is 0.568 bits per heavy atom. The van der Waals surface area contributed by atoms with Crippen LogP contribution in [0.1, 0.15) is 76.2 Å². The molecule has 1 N–H and O–H groups in total. The van der Waals surface area contributed by atoms with Gasteiger partial charge in [0, 0.05) is 68.8 Å². The van der Waals surface area contributed by atoms with Crippen molar-refractivity contribution in [2.75, 3.05) is 43.2 Å². The molecule has 81 heavy (non-hydrogen) atoms. The van der Waals surface area contributed by atoms with E-state index in [0.717, 1.165) is 35.9 Å². The zero-order valence-electron chi connectivity index (χ0n) is 42.6. The van der Waals surface area contributed by atoms with Gasteiger partial charge in [-0.3, -0.25) is 19.4 Å². The van der Waals surface area contributed by atoms with Crippen LogP contribution >= 0.6 is 22.7 Å². The standard InChI is InChI=1S/C58H47F8N7O6S2/c59-43-14-13-41(67-54(74)45-32-80-52(68-45)30-70(26-35-5-3-7-39(21-35)57(61,62)63)28-37-11-15-48-50(23-37)77-34-76-48)25-42(43)56-78-49-16-12-38(24-51(49)79-56)29-71(27-36-6-4-8-40(22-36)58(64,65)66)31-53-69-46(33-81-53)55(75)73-19-17-72(18-20-73)47-10-2-1-9-44(47)60/h1-16,21-25,32-33,56H,17-20,26-31,34H2,(H,67,74). The molecule has 3 aliphatic heterocycles. The summed E-state index contributed by atoms with van der Waals surface area (Å²) in [7, 11) is 0. The molecule has 5 heterocycles. The van der Waals surface area contributed by atoms with Gasteiger partial charge in [0.1, 0.15) is 33.0 Å². The van der Waals surface area contributed by atoms with Crippen molar-refractivity contribution in [1.82, 2.24) is 24.7 Å². The van der Waals surface area contributed by atoms with E-state index in [1.807, 2.05) is 20.8 Å². The first-order valence-electron chi connectivity index (χ1n) is 25.3. The number of aromatic nitrogens is 2. The summed E-state index contributed by atoms with van der Waals surface area (Å²) in [5.74, 6) is -0.249. The summed E-state index contributed by atoms with van der Waals surface area (Å²) in [6, 6.07) is 30.9. The number of ether oxygens (including phenoxy) is 4. The first kappa shape index (κ1) is 54.8. The smallest absolute Gasteiger partial charge is 0.416 e. The van der Waals surface area contributed by atoms with Crippen LogP contribution in [-0.2, 0) is 51.6 Å². The minimum absolute atomic E-state index is 0.0365. The lowest BCUT2D eigenvalue weighted by atomic mass is 10.1. The highest BCUT2D eigenvalue weighted by Crippen LogP contribution is 2.43. The average molecular weight is 1150 g/mol. The van der Waals surface area contributed by atoms with E-state index in [0.29, 0.717) is 76.6 Å². The van der Waals surface area contributed by atoms with E-state index in [9.17, 15) is 40.3 Å². The minimum atomic E-state index is -4.57. The van der Waals surface area contributed by atoms with Gasteiger partial charge in [0.15, 0.2) is 23.0 Å². The number of amides is 2. The molecule has 1 unspecified atom stereocenters. The Hall–Kier alpha value is -8.12. The van der Waals surface area contributed by atoms with Crippen LogP contribution in [0.3, 0.4) is 0 Å². The molecule has 0 aliphatic carbocycles. The highest BCUT2D eigenvalue weighted by Gasteiger charge is 2.33. The van der Waals surface area contributed by atoms with Crippen molar-refractivity contribution in [3.8, 4) is 23.0 Å². The molecule has 0 saturated carbocycles. The molecular weight excluding hydrogens is 1110 g/mol. The molecular formula is C58H47F8N7O6S2. The summed E-state index contributed by atoms with van der Waals surface area (Å²) in [5, 5.41) is 7.00. The Morgan fingerprint density at radius 3 is 1.75 bits per heavy atom. The van der Waals surface area contributed by atoms with E-state index in [1.165, 1.54) is 53.0 Å². The van der Waals surface area contributed by atoms with Crippen LogP contribution in [0.25, 0.3) is 0 Å². The number of alkyl halides is 6. The fourth-order valence-electron chi connectivity index (χ4n) is 9.69. The van der Waals surface area contributed by atoms with Gasteiger partial charge in [0.2, 0.25) is 6.79 Å². The van der Waals surface area contributed by atoms with Gasteiger partial charge in [-0.25, -0.2) is 18.7 Å². The van der Waals surface area contributed by atoms with Crippen molar-refractivity contribution < 1.29 is 63.7 Å². The van der Waals surface area contributed by atoms with Crippen LogP contribution < -0.4 is 29.2 Å². The van der Waals surface area contributed by atoms with Crippen LogP contribution in [0.5, 0.6) is 23.0 Å². The Morgan fingerprint density at radius 2 is 1.12 bits per heavy atom. The van der Waals surface area contributed by atoms with Gasteiger partial charge in [-0.05, 0) is 89.0 Å². The summed E-state index contributed by atoms with van der Waals surface area (Å²) < 4.78 is 136. The van der Waals surface area contributed by atoms with Gasteiger partial charge in [0.05, 0.1) is 35.5 Å². The number of para-hydroxylation sites is 1. The predicted octanol–water partition coefficient (Wildman–Crippen LogP) is 12.7. The van der Waals surface area contributed by atoms with Crippen LogP contribution in [0.4, 0.5) is 46.5 Å². The fraction of sp³-hybridized carbons (Fsp3) is 0.241. The lowest BCUT2D eigenvalue weighted by Gasteiger charge is -2.35. The maximum Gasteiger partial charge on any atom is 0.416 e. The van der Waals surface area contributed by atoms with E-state index in [1.54, 1.807) is 76.3 Å². The van der Waals surface area contributed by atoms with Gasteiger partial charge in [-0.15, -0.1) is 22.7 Å². The maximum absolute atomic E-state index is 15.6. The number of fused-ring (bicyclic) bond motifs is 2. The maximum atomic E-state index is 15.6. The average Bonchev–Trinajstić information content (AvgIpc) is 4.45. The number of halogens is 8. The quantitative estimate of drug-likeness (QED) is 0.0877. The first-order valence-corrected chi connectivity index (χ1v) is 27.1. The number of carbonyl (C=O) groups is 2. The second-order valence-electron chi connectivity index (χ2n) is 19.4. The fourth-order valence-corrected chi connectivity index (χ4v) is 11.3. The van der Waals surface area contributed by atoms with Gasteiger partial charge in [-0.2, -0.15) is 26.3 Å². The van der Waals surface area contributed by atoms with Crippen molar-refractivity contribution in [2.24, 2.45) is 0 Å². The molecule has 1 atom stereocenters. The zero-order chi connectivity index (χ0) is 56.4. The number of nitrogens with one attached hydrogen (secondary N) is 1. The number of anilines is 2. The van der Waals surface area contributed by atoms with Gasteiger partial charge in [0.25, 0.3) is 18.1 Å². The van der Waals surface area contributed by atoms with E-state index in [4.69, 9.17) is 18.9 Å². The lowest BCUT2D eigenvalue weighted by Crippen LogP contribution is -2.49. The van der Waals surface area contributed by atoms with Crippen molar-refractivity contribution in [3.05, 3.63) is 210 Å². The second kappa shape index (κ2) is 23.2. The molecule has 13 nitrogen and oxygen atoms in total. The monoisotopic (exact) mass is 1150 g/mol. The Kier molecular flexibility index (Phi) is 15.7. The Balaban J connectivity index is 0.749. The molecule has 8 aromatic rings. The highest BCUT2D eigenvalue weighted by atomic mass is 32.1. The summed E-state index contributed by atoms with van der Waals surface area (Å²) in [6.45, 7) is 2.62. The molecule has 23 heteroatoms. The number of nitrogens with zero attached hydrogens (tertiary/aromatic N) is 6. The Labute approximate surface area is 466 Å². The summed E-state index contributed by atoms with van der Waals surface area (Å²) in [6.07, 6.45) is -10.4. The Bertz CT molecular complexity index is 3610. The summed E-state index contributed by atoms with van der Waals surface area (Å²) in [4.78, 5) is 43.8. The number of thiazole rings is 2. The van der Waals surface area contributed by atoms with Crippen LogP contribution in [0, 0.1) is 11.6 Å². The summed E-state index contributed by atoms with van der Waals surface area (Å²) >= 11 is 2.43. The molecule has 11 rings (SSSR count). The van der Waals surface area contributed by atoms with Crippen molar-refractivity contribution >= 4 is 45.9 Å². The summed E-state index contributed by atoms with van der Waals surface area (Å²) in [5.41, 5.74) is 1.61. The molecule has 2 amide bonds. The third-order valence-corrected chi connectivity index (χ3v) is 15.3. The molecule has 0 spiro atoms. The number of hydrogen-bond acceptors (Lipinski definition) is 13.